The maximum Gasteiger partial charge on any atom is 0.326 e. The standard InChI is InChI=1S/C26H37N7O7/c27-11-5-4-8-19(24(37)33-21(26(39)40)13-17-14-29-15-30-17)32-25(38)20(9-10-22(34)35)31-23(36)18(28)12-16-6-2-1-3-7-16/h1-3,6-7,14-15,18-21H,4-5,8-13,27-28H2,(H,29,30)(H,31,36)(H,32,38)(H,33,37)(H,34,35)(H,39,40). The predicted octanol–water partition coefficient (Wildman–Crippen LogP) is -0.945. The van der Waals surface area contributed by atoms with E-state index >= 15 is 0 Å². The van der Waals surface area contributed by atoms with E-state index in [9.17, 15) is 29.1 Å². The van der Waals surface area contributed by atoms with Crippen molar-refractivity contribution in [3.63, 3.8) is 0 Å². The topological polar surface area (TPSA) is 243 Å². The van der Waals surface area contributed by atoms with Crippen molar-refractivity contribution in [2.24, 2.45) is 11.5 Å². The molecule has 10 N–H and O–H groups in total. The highest BCUT2D eigenvalue weighted by Gasteiger charge is 2.30. The molecule has 0 aliphatic heterocycles. The molecule has 0 bridgehead atoms. The molecule has 0 spiro atoms. The highest BCUT2D eigenvalue weighted by Crippen LogP contribution is 2.08. The van der Waals surface area contributed by atoms with Crippen molar-refractivity contribution in [2.75, 3.05) is 6.54 Å². The Bertz CT molecular complexity index is 1110. The van der Waals surface area contributed by atoms with Crippen LogP contribution in [0.4, 0.5) is 0 Å². The lowest BCUT2D eigenvalue weighted by molar-refractivity contribution is -0.142. The van der Waals surface area contributed by atoms with Crippen LogP contribution in [0.15, 0.2) is 42.9 Å². The van der Waals surface area contributed by atoms with E-state index in [4.69, 9.17) is 16.6 Å². The van der Waals surface area contributed by atoms with Crippen LogP contribution in [0, 0.1) is 0 Å². The molecule has 0 radical (unpaired) electrons. The lowest BCUT2D eigenvalue weighted by atomic mass is 10.0. The number of nitrogens with zero attached hydrogens (tertiary/aromatic N) is 1. The van der Waals surface area contributed by atoms with Crippen molar-refractivity contribution in [1.82, 2.24) is 25.9 Å². The first-order valence-electron chi connectivity index (χ1n) is 12.9. The third-order valence-corrected chi connectivity index (χ3v) is 6.09. The fraction of sp³-hybridized carbons (Fsp3) is 0.462. The molecule has 14 nitrogen and oxygen atoms in total. The first-order chi connectivity index (χ1) is 19.1. The van der Waals surface area contributed by atoms with Gasteiger partial charge < -0.3 is 42.6 Å². The van der Waals surface area contributed by atoms with Crippen LogP contribution >= 0.6 is 0 Å². The molecular weight excluding hydrogens is 522 g/mol. The highest BCUT2D eigenvalue weighted by atomic mass is 16.4. The minimum atomic E-state index is -1.31. The largest absolute Gasteiger partial charge is 0.481 e. The van der Waals surface area contributed by atoms with Gasteiger partial charge in [0.1, 0.15) is 18.1 Å². The Kier molecular flexibility index (Phi) is 13.3. The van der Waals surface area contributed by atoms with Crippen molar-refractivity contribution in [2.45, 2.75) is 69.1 Å². The van der Waals surface area contributed by atoms with Crippen LogP contribution in [0.2, 0.25) is 0 Å². The van der Waals surface area contributed by atoms with Crippen molar-refractivity contribution >= 4 is 29.7 Å². The fourth-order valence-corrected chi connectivity index (χ4v) is 3.90. The minimum Gasteiger partial charge on any atom is -0.481 e. The molecule has 2 rings (SSSR count). The fourth-order valence-electron chi connectivity index (χ4n) is 3.90. The van der Waals surface area contributed by atoms with Gasteiger partial charge in [0.05, 0.1) is 12.4 Å². The Hall–Kier alpha value is -4.30. The minimum absolute atomic E-state index is 0.0683. The molecule has 218 valence electrons. The van der Waals surface area contributed by atoms with Gasteiger partial charge >= 0.3 is 11.9 Å². The van der Waals surface area contributed by atoms with E-state index in [2.05, 4.69) is 25.9 Å². The molecule has 1 aromatic carbocycles. The van der Waals surface area contributed by atoms with E-state index in [-0.39, 0.29) is 25.7 Å². The molecule has 1 heterocycles. The Labute approximate surface area is 231 Å². The summed E-state index contributed by atoms with van der Waals surface area (Å²) in [4.78, 5) is 68.6. The number of unbranched alkanes of at least 4 members (excludes halogenated alkanes) is 1. The average molecular weight is 560 g/mol. The predicted molar refractivity (Wildman–Crippen MR) is 144 cm³/mol. The zero-order chi connectivity index (χ0) is 29.5. The smallest absolute Gasteiger partial charge is 0.326 e. The average Bonchev–Trinajstić information content (AvgIpc) is 3.43. The van der Waals surface area contributed by atoms with Gasteiger partial charge in [-0.05, 0) is 44.2 Å². The number of rotatable bonds is 18. The molecule has 0 aliphatic carbocycles. The van der Waals surface area contributed by atoms with Crippen LogP contribution < -0.4 is 27.4 Å². The van der Waals surface area contributed by atoms with Crippen LogP contribution in [-0.4, -0.2) is 80.6 Å². The molecule has 0 aliphatic rings. The number of imidazole rings is 1. The molecule has 14 heteroatoms. The van der Waals surface area contributed by atoms with E-state index < -0.39 is 60.2 Å². The van der Waals surface area contributed by atoms with Crippen LogP contribution in [0.25, 0.3) is 0 Å². The number of benzene rings is 1. The Morgan fingerprint density at radius 1 is 0.850 bits per heavy atom. The molecular formula is C26H37N7O7. The summed E-state index contributed by atoms with van der Waals surface area (Å²) >= 11 is 0. The molecule has 0 saturated carbocycles. The number of carboxylic acid groups (broad SMARTS) is 2. The van der Waals surface area contributed by atoms with Gasteiger partial charge in [-0.3, -0.25) is 19.2 Å². The second-order valence-electron chi connectivity index (χ2n) is 9.32. The third-order valence-electron chi connectivity index (χ3n) is 6.09. The Morgan fingerprint density at radius 2 is 1.48 bits per heavy atom. The second-order valence-corrected chi connectivity index (χ2v) is 9.32. The van der Waals surface area contributed by atoms with Crippen molar-refractivity contribution < 1.29 is 34.2 Å². The number of hydrogen-bond donors (Lipinski definition) is 8. The SMILES string of the molecule is NCCCCC(NC(=O)C(CCC(=O)O)NC(=O)C(N)Cc1ccccc1)C(=O)NC(Cc1cnc[nH]1)C(=O)O. The molecule has 40 heavy (non-hydrogen) atoms. The zero-order valence-electron chi connectivity index (χ0n) is 22.0. The van der Waals surface area contributed by atoms with E-state index in [0.717, 1.165) is 5.56 Å². The number of nitrogens with two attached hydrogens (primary N) is 2. The third kappa shape index (κ3) is 11.2. The number of carbonyl (C=O) groups is 5. The summed E-state index contributed by atoms with van der Waals surface area (Å²) in [5, 5.41) is 26.2. The van der Waals surface area contributed by atoms with Crippen LogP contribution in [0.1, 0.15) is 43.4 Å². The van der Waals surface area contributed by atoms with Gasteiger partial charge in [0.15, 0.2) is 0 Å². The summed E-state index contributed by atoms with van der Waals surface area (Å²) < 4.78 is 0. The molecule has 1 aromatic heterocycles. The van der Waals surface area contributed by atoms with Gasteiger partial charge in [0.25, 0.3) is 0 Å². The molecule has 3 amide bonds. The van der Waals surface area contributed by atoms with Gasteiger partial charge in [-0.1, -0.05) is 30.3 Å². The van der Waals surface area contributed by atoms with Crippen molar-refractivity contribution in [1.29, 1.82) is 0 Å². The summed E-state index contributed by atoms with van der Waals surface area (Å²) in [6.07, 6.45) is 3.38. The van der Waals surface area contributed by atoms with E-state index in [1.54, 1.807) is 24.3 Å². The van der Waals surface area contributed by atoms with Gasteiger partial charge in [-0.2, -0.15) is 0 Å². The molecule has 0 fully saturated rings. The lowest BCUT2D eigenvalue weighted by Crippen LogP contribution is -2.57. The Balaban J connectivity index is 2.13. The maximum atomic E-state index is 13.2. The quantitative estimate of drug-likeness (QED) is 0.104. The normalized spacial score (nSPS) is 13.8. The summed E-state index contributed by atoms with van der Waals surface area (Å²) in [5.41, 5.74) is 12.9. The van der Waals surface area contributed by atoms with Gasteiger partial charge in [0.2, 0.25) is 17.7 Å². The number of amides is 3. The van der Waals surface area contributed by atoms with E-state index in [1.807, 2.05) is 6.07 Å². The van der Waals surface area contributed by atoms with Crippen LogP contribution in [0.5, 0.6) is 0 Å². The van der Waals surface area contributed by atoms with E-state index in [0.29, 0.717) is 25.1 Å². The monoisotopic (exact) mass is 559 g/mol. The molecule has 4 atom stereocenters. The lowest BCUT2D eigenvalue weighted by Gasteiger charge is -2.25. The molecule has 2 aromatic rings. The zero-order valence-corrected chi connectivity index (χ0v) is 22.0. The van der Waals surface area contributed by atoms with Gasteiger partial charge in [0, 0.05) is 24.7 Å². The maximum absolute atomic E-state index is 13.2. The van der Waals surface area contributed by atoms with Crippen LogP contribution in [0.3, 0.4) is 0 Å². The summed E-state index contributed by atoms with van der Waals surface area (Å²) in [5.74, 6) is -4.67. The number of carboxylic acids is 2. The van der Waals surface area contributed by atoms with E-state index in [1.165, 1.54) is 12.5 Å². The number of aromatic amines is 1. The number of hydrogen-bond acceptors (Lipinski definition) is 8. The van der Waals surface area contributed by atoms with Crippen molar-refractivity contribution in [3.05, 3.63) is 54.1 Å². The Morgan fingerprint density at radius 3 is 2.05 bits per heavy atom. The summed E-state index contributed by atoms with van der Waals surface area (Å²) in [6, 6.07) is 4.22. The number of aliphatic carboxylic acids is 2. The summed E-state index contributed by atoms with van der Waals surface area (Å²) in [6.45, 7) is 0.344. The second kappa shape index (κ2) is 16.6. The summed E-state index contributed by atoms with van der Waals surface area (Å²) in [7, 11) is 0. The first kappa shape index (κ1) is 31.9. The number of nitrogens with one attached hydrogen (secondary N) is 4. The van der Waals surface area contributed by atoms with Gasteiger partial charge in [-0.15, -0.1) is 0 Å². The van der Waals surface area contributed by atoms with Gasteiger partial charge in [-0.25, -0.2) is 9.78 Å². The highest BCUT2D eigenvalue weighted by molar-refractivity contribution is 5.94. The van der Waals surface area contributed by atoms with Crippen molar-refractivity contribution in [3.8, 4) is 0 Å². The number of carbonyl (C=O) groups excluding carboxylic acids is 3. The van der Waals surface area contributed by atoms with Crippen LogP contribution in [-0.2, 0) is 36.8 Å². The first-order valence-corrected chi connectivity index (χ1v) is 12.9. The number of H-pyrrole nitrogens is 1. The number of aromatic nitrogens is 2. The molecule has 0 saturated heterocycles. The molecule has 4 unspecified atom stereocenters.